The van der Waals surface area contributed by atoms with Crippen molar-refractivity contribution in [1.29, 1.82) is 0 Å². The summed E-state index contributed by atoms with van der Waals surface area (Å²) in [5.41, 5.74) is 2.57. The first-order valence-corrected chi connectivity index (χ1v) is 8.66. The molecule has 0 aliphatic carbocycles. The number of para-hydroxylation sites is 1. The van der Waals surface area contributed by atoms with Crippen molar-refractivity contribution in [1.82, 2.24) is 0 Å². The van der Waals surface area contributed by atoms with Crippen LogP contribution in [-0.4, -0.2) is 26.1 Å². The molecule has 0 bridgehead atoms. The molecule has 116 valence electrons. The van der Waals surface area contributed by atoms with Crippen molar-refractivity contribution in [3.8, 4) is 0 Å². The van der Waals surface area contributed by atoms with E-state index in [0.29, 0.717) is 0 Å². The molecule has 0 radical (unpaired) electrons. The first-order valence-electron chi connectivity index (χ1n) is 7.22. The van der Waals surface area contributed by atoms with Crippen LogP contribution in [0.25, 0.3) is 0 Å². The lowest BCUT2D eigenvalue weighted by atomic mass is 10.2. The number of hydrogen-bond donors (Lipinski definition) is 2. The van der Waals surface area contributed by atoms with Crippen LogP contribution in [0.2, 0.25) is 0 Å². The number of rotatable bonds is 4. The summed E-state index contributed by atoms with van der Waals surface area (Å²) in [7, 11) is -4.20. The van der Waals surface area contributed by atoms with Crippen LogP contribution in [0.15, 0.2) is 53.4 Å². The smallest absolute Gasteiger partial charge is 0.294 e. The van der Waals surface area contributed by atoms with E-state index in [2.05, 4.69) is 10.2 Å². The van der Waals surface area contributed by atoms with Gasteiger partial charge < -0.3 is 10.2 Å². The molecule has 0 saturated carbocycles. The van der Waals surface area contributed by atoms with Crippen molar-refractivity contribution in [3.05, 3.63) is 48.5 Å². The third kappa shape index (κ3) is 3.23. The van der Waals surface area contributed by atoms with Crippen LogP contribution >= 0.6 is 0 Å². The van der Waals surface area contributed by atoms with Gasteiger partial charge in [0, 0.05) is 18.8 Å². The molecule has 6 heteroatoms. The van der Waals surface area contributed by atoms with Crippen molar-refractivity contribution in [2.24, 2.45) is 0 Å². The molecule has 5 nitrogen and oxygen atoms in total. The zero-order valence-electron chi connectivity index (χ0n) is 12.1. The molecule has 1 saturated heterocycles. The van der Waals surface area contributed by atoms with Gasteiger partial charge in [-0.15, -0.1) is 0 Å². The first-order chi connectivity index (χ1) is 10.5. The molecule has 2 N–H and O–H groups in total. The molecular weight excluding hydrogens is 300 g/mol. The summed E-state index contributed by atoms with van der Waals surface area (Å²) in [6.45, 7) is 1.77. The molecule has 2 aromatic carbocycles. The Balaban J connectivity index is 2.01. The number of anilines is 3. The maximum absolute atomic E-state index is 11.4. The molecule has 2 aromatic rings. The predicted octanol–water partition coefficient (Wildman–Crippen LogP) is 3.28. The second kappa shape index (κ2) is 5.98. The van der Waals surface area contributed by atoms with E-state index in [9.17, 15) is 13.0 Å². The van der Waals surface area contributed by atoms with E-state index < -0.39 is 10.1 Å². The summed E-state index contributed by atoms with van der Waals surface area (Å²) >= 11 is 0. The van der Waals surface area contributed by atoms with Gasteiger partial charge in [0.25, 0.3) is 10.1 Å². The molecule has 1 heterocycles. The molecule has 0 amide bonds. The number of benzene rings is 2. The normalized spacial score (nSPS) is 15.0. The summed E-state index contributed by atoms with van der Waals surface area (Å²) in [4.78, 5) is 2.06. The maximum Gasteiger partial charge on any atom is 0.294 e. The number of nitrogens with one attached hydrogen (secondary N) is 1. The average Bonchev–Trinajstić information content (AvgIpc) is 3.01. The van der Waals surface area contributed by atoms with Gasteiger partial charge in [-0.2, -0.15) is 8.42 Å². The van der Waals surface area contributed by atoms with Crippen LogP contribution in [0.5, 0.6) is 0 Å². The van der Waals surface area contributed by atoms with E-state index in [-0.39, 0.29) is 4.90 Å². The van der Waals surface area contributed by atoms with Gasteiger partial charge in [-0.1, -0.05) is 18.2 Å². The zero-order valence-corrected chi connectivity index (χ0v) is 12.9. The molecule has 0 spiro atoms. The molecule has 22 heavy (non-hydrogen) atoms. The van der Waals surface area contributed by atoms with Crippen LogP contribution < -0.4 is 10.2 Å². The second-order valence-electron chi connectivity index (χ2n) is 5.34. The Morgan fingerprint density at radius 3 is 2.32 bits per heavy atom. The highest BCUT2D eigenvalue weighted by molar-refractivity contribution is 7.85. The second-order valence-corrected chi connectivity index (χ2v) is 6.76. The van der Waals surface area contributed by atoms with E-state index in [1.807, 2.05) is 30.3 Å². The van der Waals surface area contributed by atoms with Gasteiger partial charge >= 0.3 is 0 Å². The predicted molar refractivity (Wildman–Crippen MR) is 87.4 cm³/mol. The molecule has 1 fully saturated rings. The van der Waals surface area contributed by atoms with E-state index in [0.717, 1.165) is 43.0 Å². The average molecular weight is 318 g/mol. The van der Waals surface area contributed by atoms with Crippen molar-refractivity contribution < 1.29 is 13.0 Å². The number of nitrogens with zero attached hydrogens (tertiary/aromatic N) is 1. The lowest BCUT2D eigenvalue weighted by Crippen LogP contribution is -2.19. The summed E-state index contributed by atoms with van der Waals surface area (Å²) < 4.78 is 32.0. The molecule has 1 aliphatic heterocycles. The van der Waals surface area contributed by atoms with Gasteiger partial charge in [0.05, 0.1) is 16.3 Å². The monoisotopic (exact) mass is 318 g/mol. The van der Waals surface area contributed by atoms with Crippen molar-refractivity contribution >= 4 is 27.2 Å². The highest BCUT2D eigenvalue weighted by Gasteiger charge is 2.19. The van der Waals surface area contributed by atoms with Gasteiger partial charge in [0.15, 0.2) is 0 Å². The summed E-state index contributed by atoms with van der Waals surface area (Å²) in [5.74, 6) is 0. The van der Waals surface area contributed by atoms with Gasteiger partial charge in [0.1, 0.15) is 0 Å². The van der Waals surface area contributed by atoms with E-state index in [1.165, 1.54) is 12.1 Å². The summed E-state index contributed by atoms with van der Waals surface area (Å²) in [6.07, 6.45) is 2.17. The molecule has 0 aromatic heterocycles. The van der Waals surface area contributed by atoms with Crippen LogP contribution in [0, 0.1) is 0 Å². The van der Waals surface area contributed by atoms with Crippen LogP contribution in [-0.2, 0) is 10.1 Å². The van der Waals surface area contributed by atoms with Gasteiger partial charge in [-0.25, -0.2) is 0 Å². The third-order valence-electron chi connectivity index (χ3n) is 3.77. The van der Waals surface area contributed by atoms with E-state index in [4.69, 9.17) is 0 Å². The fraction of sp³-hybridized carbons (Fsp3) is 0.250. The Labute approximate surface area is 130 Å². The Morgan fingerprint density at radius 2 is 1.68 bits per heavy atom. The SMILES string of the molecule is O=S(=O)(O)c1ccc(Nc2ccccc2)c(N2CCCC2)c1. The zero-order chi connectivity index (χ0) is 15.6. The Hall–Kier alpha value is -2.05. The molecule has 3 rings (SSSR count). The minimum atomic E-state index is -4.20. The van der Waals surface area contributed by atoms with Gasteiger partial charge in [-0.3, -0.25) is 4.55 Å². The van der Waals surface area contributed by atoms with Crippen molar-refractivity contribution in [2.45, 2.75) is 17.7 Å². The molecule has 0 atom stereocenters. The first kappa shape index (κ1) is 14.9. The number of hydrogen-bond acceptors (Lipinski definition) is 4. The summed E-state index contributed by atoms with van der Waals surface area (Å²) in [5, 5.41) is 3.31. The molecule has 0 unspecified atom stereocenters. The van der Waals surface area contributed by atoms with Crippen LogP contribution in [0.3, 0.4) is 0 Å². The topological polar surface area (TPSA) is 69.6 Å². The minimum absolute atomic E-state index is 0.0759. The van der Waals surface area contributed by atoms with Crippen LogP contribution in [0.1, 0.15) is 12.8 Å². The highest BCUT2D eigenvalue weighted by atomic mass is 32.2. The lowest BCUT2D eigenvalue weighted by Gasteiger charge is -2.22. The Bertz CT molecular complexity index is 754. The quantitative estimate of drug-likeness (QED) is 0.847. The Morgan fingerprint density at radius 1 is 1.00 bits per heavy atom. The van der Waals surface area contributed by atoms with E-state index >= 15 is 0 Å². The fourth-order valence-corrected chi connectivity index (χ4v) is 3.17. The Kier molecular flexibility index (Phi) is 4.04. The highest BCUT2D eigenvalue weighted by Crippen LogP contribution is 2.33. The fourth-order valence-electron chi connectivity index (χ4n) is 2.67. The largest absolute Gasteiger partial charge is 0.370 e. The van der Waals surface area contributed by atoms with E-state index in [1.54, 1.807) is 6.07 Å². The maximum atomic E-state index is 11.4. The standard InChI is InChI=1S/C16H18N2O3S/c19-22(20,21)14-8-9-15(17-13-6-2-1-3-7-13)16(12-14)18-10-4-5-11-18/h1-3,6-9,12,17H,4-5,10-11H2,(H,19,20,21). The van der Waals surface area contributed by atoms with Crippen LogP contribution in [0.4, 0.5) is 17.1 Å². The third-order valence-corrected chi connectivity index (χ3v) is 4.62. The van der Waals surface area contributed by atoms with Gasteiger partial charge in [-0.05, 0) is 43.2 Å². The minimum Gasteiger partial charge on any atom is -0.370 e. The van der Waals surface area contributed by atoms with Crippen molar-refractivity contribution in [2.75, 3.05) is 23.3 Å². The molecule has 1 aliphatic rings. The molecular formula is C16H18N2O3S. The van der Waals surface area contributed by atoms with Crippen molar-refractivity contribution in [3.63, 3.8) is 0 Å². The van der Waals surface area contributed by atoms with Gasteiger partial charge in [0.2, 0.25) is 0 Å². The lowest BCUT2D eigenvalue weighted by molar-refractivity contribution is 0.483. The summed E-state index contributed by atoms with van der Waals surface area (Å²) in [6, 6.07) is 14.4.